The van der Waals surface area contributed by atoms with E-state index in [4.69, 9.17) is 11.6 Å². The molecule has 0 spiro atoms. The number of halogens is 1. The molecule has 4 rings (SSSR count). The molecule has 0 atom stereocenters. The smallest absolute Gasteiger partial charge is 0.340 e. The van der Waals surface area contributed by atoms with Crippen LogP contribution in [0.25, 0.3) is 5.78 Å². The van der Waals surface area contributed by atoms with Gasteiger partial charge in [0.25, 0.3) is 5.78 Å². The van der Waals surface area contributed by atoms with Crippen molar-refractivity contribution in [2.45, 2.75) is 6.54 Å². The maximum absolute atomic E-state index is 12.4. The van der Waals surface area contributed by atoms with Crippen LogP contribution in [0.15, 0.2) is 71.7 Å². The Morgan fingerprint density at radius 3 is 2.61 bits per heavy atom. The molecule has 2 heterocycles. The third-order valence-electron chi connectivity index (χ3n) is 3.90. The highest BCUT2D eigenvalue weighted by atomic mass is 35.5. The Hall–Kier alpha value is -3.65. The van der Waals surface area contributed by atoms with Gasteiger partial charge in [0, 0.05) is 22.6 Å². The van der Waals surface area contributed by atoms with E-state index in [2.05, 4.69) is 20.7 Å². The van der Waals surface area contributed by atoms with Gasteiger partial charge in [0.1, 0.15) is 12.4 Å². The molecule has 0 aliphatic rings. The number of carbonyl (C=O) groups is 1. The lowest BCUT2D eigenvalue weighted by molar-refractivity contribution is -0.117. The number of rotatable bonds is 5. The van der Waals surface area contributed by atoms with Crippen LogP contribution in [0.4, 0.5) is 17.2 Å². The number of amides is 1. The summed E-state index contributed by atoms with van der Waals surface area (Å²) in [5, 5.41) is 10.5. The van der Waals surface area contributed by atoms with Crippen molar-refractivity contribution in [3.05, 3.63) is 82.4 Å². The Morgan fingerprint density at radius 2 is 1.82 bits per heavy atom. The molecule has 0 radical (unpaired) electrons. The molecule has 2 N–H and O–H groups in total. The number of nitrogens with zero attached hydrogens (tertiary/aromatic N) is 4. The van der Waals surface area contributed by atoms with Gasteiger partial charge in [0.05, 0.1) is 0 Å². The summed E-state index contributed by atoms with van der Waals surface area (Å²) in [5.41, 5.74) is 0.957. The Labute approximate surface area is 164 Å². The highest BCUT2D eigenvalue weighted by molar-refractivity contribution is 6.30. The minimum absolute atomic E-state index is 0.196. The fraction of sp³-hybridized carbons (Fsp3) is 0.0526. The first-order valence-electron chi connectivity index (χ1n) is 8.42. The van der Waals surface area contributed by atoms with E-state index in [1.807, 2.05) is 30.3 Å². The third-order valence-corrected chi connectivity index (χ3v) is 4.14. The topological polar surface area (TPSA) is 93.3 Å². The van der Waals surface area contributed by atoms with Crippen LogP contribution in [0, 0.1) is 0 Å². The van der Waals surface area contributed by atoms with E-state index in [0.29, 0.717) is 16.5 Å². The van der Waals surface area contributed by atoms with E-state index < -0.39 is 11.6 Å². The number of para-hydroxylation sites is 1. The van der Waals surface area contributed by atoms with Crippen LogP contribution in [0.3, 0.4) is 0 Å². The monoisotopic (exact) mass is 394 g/mol. The van der Waals surface area contributed by atoms with Crippen LogP contribution in [-0.4, -0.2) is 25.1 Å². The second kappa shape index (κ2) is 7.53. The molecular weight excluding hydrogens is 380 g/mol. The minimum atomic E-state index is -0.449. The van der Waals surface area contributed by atoms with Crippen LogP contribution in [0.5, 0.6) is 0 Å². The molecule has 0 unspecified atom stereocenters. The van der Waals surface area contributed by atoms with Crippen molar-refractivity contribution >= 4 is 40.5 Å². The highest BCUT2D eigenvalue weighted by Gasteiger charge is 2.12. The third kappa shape index (κ3) is 3.86. The fourth-order valence-corrected chi connectivity index (χ4v) is 2.84. The zero-order valence-electron chi connectivity index (χ0n) is 14.5. The molecule has 28 heavy (non-hydrogen) atoms. The van der Waals surface area contributed by atoms with Gasteiger partial charge in [-0.25, -0.2) is 13.9 Å². The molecule has 0 aliphatic carbocycles. The number of fused-ring (bicyclic) bond motifs is 1. The van der Waals surface area contributed by atoms with E-state index in [1.165, 1.54) is 4.40 Å². The number of aromatic nitrogens is 4. The molecule has 2 aromatic carbocycles. The fourth-order valence-electron chi connectivity index (χ4n) is 2.65. The SMILES string of the molecule is O=C(Cn1nc2nc(Nc3ccccc3)ccn2c1=O)Nc1cccc(Cl)c1. The molecule has 0 saturated carbocycles. The maximum Gasteiger partial charge on any atom is 0.352 e. The Balaban J connectivity index is 1.53. The summed E-state index contributed by atoms with van der Waals surface area (Å²) in [6, 6.07) is 17.9. The molecule has 0 bridgehead atoms. The van der Waals surface area contributed by atoms with E-state index in [0.717, 1.165) is 10.4 Å². The molecule has 0 aliphatic heterocycles. The van der Waals surface area contributed by atoms with Crippen molar-refractivity contribution in [3.63, 3.8) is 0 Å². The minimum Gasteiger partial charge on any atom is -0.340 e. The van der Waals surface area contributed by atoms with E-state index in [9.17, 15) is 9.59 Å². The van der Waals surface area contributed by atoms with Crippen molar-refractivity contribution in [1.82, 2.24) is 19.2 Å². The molecule has 4 aromatic rings. The number of benzene rings is 2. The zero-order valence-corrected chi connectivity index (χ0v) is 15.3. The van der Waals surface area contributed by atoms with E-state index in [-0.39, 0.29) is 12.3 Å². The lowest BCUT2D eigenvalue weighted by Gasteiger charge is -2.04. The van der Waals surface area contributed by atoms with Gasteiger partial charge in [-0.15, -0.1) is 5.10 Å². The number of hydrogen-bond donors (Lipinski definition) is 2. The summed E-state index contributed by atoms with van der Waals surface area (Å²) < 4.78 is 2.34. The van der Waals surface area contributed by atoms with Crippen LogP contribution < -0.4 is 16.3 Å². The van der Waals surface area contributed by atoms with Gasteiger partial charge >= 0.3 is 5.69 Å². The van der Waals surface area contributed by atoms with Crippen molar-refractivity contribution < 1.29 is 4.79 Å². The van der Waals surface area contributed by atoms with Crippen LogP contribution >= 0.6 is 11.6 Å². The number of anilines is 3. The quantitative estimate of drug-likeness (QED) is 0.543. The summed E-state index contributed by atoms with van der Waals surface area (Å²) >= 11 is 5.90. The number of nitrogens with one attached hydrogen (secondary N) is 2. The Bertz CT molecular complexity index is 1200. The van der Waals surface area contributed by atoms with Gasteiger partial charge < -0.3 is 10.6 Å². The lowest BCUT2D eigenvalue weighted by atomic mass is 10.3. The molecule has 0 saturated heterocycles. The number of carbonyl (C=O) groups excluding carboxylic acids is 1. The van der Waals surface area contributed by atoms with Gasteiger partial charge in [-0.2, -0.15) is 4.98 Å². The first kappa shape index (κ1) is 17.7. The zero-order chi connectivity index (χ0) is 19.5. The van der Waals surface area contributed by atoms with Crippen LogP contribution in [-0.2, 0) is 11.3 Å². The summed E-state index contributed by atoms with van der Waals surface area (Å²) in [6.45, 7) is -0.240. The van der Waals surface area contributed by atoms with Gasteiger partial charge in [0.2, 0.25) is 5.91 Å². The second-order valence-corrected chi connectivity index (χ2v) is 6.41. The summed E-state index contributed by atoms with van der Waals surface area (Å²) in [4.78, 5) is 29.0. The highest BCUT2D eigenvalue weighted by Crippen LogP contribution is 2.15. The van der Waals surface area contributed by atoms with Crippen molar-refractivity contribution in [3.8, 4) is 0 Å². The normalized spacial score (nSPS) is 10.8. The second-order valence-electron chi connectivity index (χ2n) is 5.97. The molecular formula is C19H15ClN6O2. The average molecular weight is 395 g/mol. The molecule has 1 amide bonds. The van der Waals surface area contributed by atoms with Crippen LogP contribution in [0.2, 0.25) is 5.02 Å². The van der Waals surface area contributed by atoms with Crippen molar-refractivity contribution in [2.75, 3.05) is 10.6 Å². The predicted molar refractivity (Wildman–Crippen MR) is 107 cm³/mol. The molecule has 9 heteroatoms. The maximum atomic E-state index is 12.4. The van der Waals surface area contributed by atoms with E-state index in [1.54, 1.807) is 36.5 Å². The molecule has 0 fully saturated rings. The van der Waals surface area contributed by atoms with Crippen molar-refractivity contribution in [2.24, 2.45) is 0 Å². The Morgan fingerprint density at radius 1 is 1.04 bits per heavy atom. The standard InChI is InChI=1S/C19H15ClN6O2/c20-13-5-4-8-15(11-13)22-17(27)12-26-19(28)25-10-9-16(23-18(25)24-26)21-14-6-2-1-3-7-14/h1-11H,12H2,(H,22,27)(H,21,23,24). The Kier molecular flexibility index (Phi) is 4.77. The van der Waals surface area contributed by atoms with Gasteiger partial charge in [-0.05, 0) is 36.4 Å². The molecule has 140 valence electrons. The average Bonchev–Trinajstić information content (AvgIpc) is 2.97. The summed E-state index contributed by atoms with van der Waals surface area (Å²) in [7, 11) is 0. The first-order valence-corrected chi connectivity index (χ1v) is 8.80. The van der Waals surface area contributed by atoms with Gasteiger partial charge in [-0.1, -0.05) is 35.9 Å². The lowest BCUT2D eigenvalue weighted by Crippen LogP contribution is -2.28. The first-order chi connectivity index (χ1) is 13.6. The van der Waals surface area contributed by atoms with Crippen LogP contribution in [0.1, 0.15) is 0 Å². The van der Waals surface area contributed by atoms with Gasteiger partial charge in [0.15, 0.2) is 0 Å². The summed E-state index contributed by atoms with van der Waals surface area (Å²) in [5.74, 6) is 0.344. The van der Waals surface area contributed by atoms with Crippen molar-refractivity contribution in [1.29, 1.82) is 0 Å². The van der Waals surface area contributed by atoms with Gasteiger partial charge in [-0.3, -0.25) is 4.79 Å². The van der Waals surface area contributed by atoms with E-state index >= 15 is 0 Å². The molecule has 2 aromatic heterocycles. The number of hydrogen-bond acceptors (Lipinski definition) is 5. The molecule has 8 nitrogen and oxygen atoms in total. The summed E-state index contributed by atoms with van der Waals surface area (Å²) in [6.07, 6.45) is 1.56. The largest absolute Gasteiger partial charge is 0.352 e. The predicted octanol–water partition coefficient (Wildman–Crippen LogP) is 2.93.